The molecule has 3 amide bonds. The summed E-state index contributed by atoms with van der Waals surface area (Å²) in [6, 6.07) is 7.86. The Kier molecular flexibility index (Phi) is 7.56. The third kappa shape index (κ3) is 6.15. The molecule has 0 unspecified atom stereocenters. The van der Waals surface area contributed by atoms with Gasteiger partial charge < -0.3 is 15.1 Å². The van der Waals surface area contributed by atoms with Gasteiger partial charge in [-0.3, -0.25) is 4.79 Å². The maximum Gasteiger partial charge on any atom is 0.317 e. The van der Waals surface area contributed by atoms with Crippen molar-refractivity contribution in [1.82, 2.24) is 15.1 Å². The van der Waals surface area contributed by atoms with Gasteiger partial charge in [-0.05, 0) is 37.0 Å². The quantitative estimate of drug-likeness (QED) is 0.750. The van der Waals surface area contributed by atoms with Crippen LogP contribution >= 0.6 is 15.9 Å². The molecular weight excluding hydrogens is 370 g/mol. The first-order valence-electron chi connectivity index (χ1n) is 8.57. The number of hydrogen-bond donors (Lipinski definition) is 1. The predicted octanol–water partition coefficient (Wildman–Crippen LogP) is 3.38. The van der Waals surface area contributed by atoms with Gasteiger partial charge in [0, 0.05) is 44.1 Å². The van der Waals surface area contributed by atoms with Gasteiger partial charge in [0.15, 0.2) is 0 Å². The number of carbonyl (C=O) groups excluding carboxylic acids is 2. The molecule has 0 radical (unpaired) electrons. The maximum atomic E-state index is 12.1. The van der Waals surface area contributed by atoms with Gasteiger partial charge in [0.2, 0.25) is 5.91 Å². The highest BCUT2D eigenvalue weighted by atomic mass is 79.9. The molecule has 0 spiro atoms. The number of nitrogens with one attached hydrogen (secondary N) is 1. The summed E-state index contributed by atoms with van der Waals surface area (Å²) >= 11 is 3.40. The van der Waals surface area contributed by atoms with E-state index in [4.69, 9.17) is 0 Å². The molecule has 0 bridgehead atoms. The molecule has 6 heteroatoms. The minimum absolute atomic E-state index is 0.0832. The Balaban J connectivity index is 1.66. The van der Waals surface area contributed by atoms with Crippen molar-refractivity contribution < 1.29 is 9.59 Å². The Morgan fingerprint density at radius 3 is 2.75 bits per heavy atom. The monoisotopic (exact) mass is 395 g/mol. The Bertz CT molecular complexity index is 548. The number of halogens is 1. The Morgan fingerprint density at radius 2 is 2.00 bits per heavy atom. The van der Waals surface area contributed by atoms with Crippen LogP contribution in [0.15, 0.2) is 28.7 Å². The smallest absolute Gasteiger partial charge is 0.317 e. The highest BCUT2D eigenvalue weighted by Crippen LogP contribution is 2.12. The molecule has 1 aromatic carbocycles. The minimum Gasteiger partial charge on any atom is -0.343 e. The van der Waals surface area contributed by atoms with Crippen molar-refractivity contribution in [2.24, 2.45) is 0 Å². The van der Waals surface area contributed by atoms with E-state index in [-0.39, 0.29) is 11.9 Å². The fourth-order valence-corrected chi connectivity index (χ4v) is 3.07. The molecule has 1 heterocycles. The number of carbonyl (C=O) groups is 2. The van der Waals surface area contributed by atoms with Crippen LogP contribution in [0.25, 0.3) is 0 Å². The summed E-state index contributed by atoms with van der Waals surface area (Å²) in [5.41, 5.74) is 1.09. The van der Waals surface area contributed by atoms with E-state index in [0.29, 0.717) is 19.5 Å². The van der Waals surface area contributed by atoms with Crippen LogP contribution in [-0.2, 0) is 11.3 Å². The Hall–Kier alpha value is -1.56. The van der Waals surface area contributed by atoms with Gasteiger partial charge in [0.25, 0.3) is 0 Å². The summed E-state index contributed by atoms with van der Waals surface area (Å²) in [6.45, 7) is 2.75. The lowest BCUT2D eigenvalue weighted by Crippen LogP contribution is -2.39. The average Bonchev–Trinajstić information content (AvgIpc) is 2.78. The largest absolute Gasteiger partial charge is 0.343 e. The summed E-state index contributed by atoms with van der Waals surface area (Å²) in [5, 5.41) is 2.92. The molecular formula is C18H26BrN3O2. The van der Waals surface area contributed by atoms with Gasteiger partial charge in [-0.15, -0.1) is 0 Å². The third-order valence-corrected chi connectivity index (χ3v) is 4.76. The standard InChI is InChI=1S/C18H26BrN3O2/c1-21(14-15-7-9-16(19)10-8-15)18(24)20-11-5-13-22-12-4-2-3-6-17(22)23/h7-10H,2-6,11-14H2,1H3,(H,20,24). The molecule has 1 aromatic rings. The Labute approximate surface area is 152 Å². The van der Waals surface area contributed by atoms with Gasteiger partial charge in [-0.1, -0.05) is 34.5 Å². The molecule has 5 nitrogen and oxygen atoms in total. The molecule has 1 N–H and O–H groups in total. The van der Waals surface area contributed by atoms with Gasteiger partial charge in [-0.25, -0.2) is 4.79 Å². The highest BCUT2D eigenvalue weighted by Gasteiger charge is 2.16. The van der Waals surface area contributed by atoms with Crippen molar-refractivity contribution in [3.05, 3.63) is 34.3 Å². The summed E-state index contributed by atoms with van der Waals surface area (Å²) in [6.07, 6.45) is 4.70. The summed E-state index contributed by atoms with van der Waals surface area (Å²) < 4.78 is 1.03. The lowest BCUT2D eigenvalue weighted by atomic mass is 10.2. The van der Waals surface area contributed by atoms with E-state index in [1.165, 1.54) is 0 Å². The van der Waals surface area contributed by atoms with Gasteiger partial charge in [0.1, 0.15) is 0 Å². The SMILES string of the molecule is CN(Cc1ccc(Br)cc1)C(=O)NCCCN1CCCCCC1=O. The average molecular weight is 396 g/mol. The second-order valence-electron chi connectivity index (χ2n) is 6.26. The molecule has 1 fully saturated rings. The zero-order valence-electron chi connectivity index (χ0n) is 14.3. The van der Waals surface area contributed by atoms with Gasteiger partial charge in [0.05, 0.1) is 0 Å². The van der Waals surface area contributed by atoms with Gasteiger partial charge >= 0.3 is 6.03 Å². The molecule has 1 aliphatic rings. The topological polar surface area (TPSA) is 52.7 Å². The van der Waals surface area contributed by atoms with E-state index >= 15 is 0 Å². The lowest BCUT2D eigenvalue weighted by molar-refractivity contribution is -0.130. The zero-order chi connectivity index (χ0) is 17.4. The number of likely N-dealkylation sites (tertiary alicyclic amines) is 1. The fraction of sp³-hybridized carbons (Fsp3) is 0.556. The van der Waals surface area contributed by atoms with E-state index in [1.807, 2.05) is 29.2 Å². The van der Waals surface area contributed by atoms with E-state index < -0.39 is 0 Å². The van der Waals surface area contributed by atoms with Crippen molar-refractivity contribution in [2.45, 2.75) is 38.6 Å². The molecule has 0 aromatic heterocycles. The van der Waals surface area contributed by atoms with E-state index in [2.05, 4.69) is 21.2 Å². The van der Waals surface area contributed by atoms with Crippen molar-refractivity contribution >= 4 is 27.9 Å². The van der Waals surface area contributed by atoms with Crippen LogP contribution in [0.3, 0.4) is 0 Å². The van der Waals surface area contributed by atoms with Crippen LogP contribution in [-0.4, -0.2) is 48.4 Å². The number of urea groups is 1. The van der Waals surface area contributed by atoms with Crippen LogP contribution < -0.4 is 5.32 Å². The molecule has 1 saturated heterocycles. The van der Waals surface area contributed by atoms with Crippen LogP contribution in [0, 0.1) is 0 Å². The van der Waals surface area contributed by atoms with E-state index in [1.54, 1.807) is 11.9 Å². The number of amides is 3. The van der Waals surface area contributed by atoms with Crippen molar-refractivity contribution in [2.75, 3.05) is 26.7 Å². The Morgan fingerprint density at radius 1 is 1.25 bits per heavy atom. The molecule has 24 heavy (non-hydrogen) atoms. The third-order valence-electron chi connectivity index (χ3n) is 4.23. The summed E-state index contributed by atoms with van der Waals surface area (Å²) in [4.78, 5) is 27.6. The number of nitrogens with zero attached hydrogens (tertiary/aromatic N) is 2. The van der Waals surface area contributed by atoms with Crippen molar-refractivity contribution in [3.63, 3.8) is 0 Å². The van der Waals surface area contributed by atoms with E-state index in [0.717, 1.165) is 48.8 Å². The molecule has 1 aliphatic heterocycles. The molecule has 0 aliphatic carbocycles. The van der Waals surface area contributed by atoms with E-state index in [9.17, 15) is 9.59 Å². The second kappa shape index (κ2) is 9.67. The van der Waals surface area contributed by atoms with Crippen molar-refractivity contribution in [1.29, 1.82) is 0 Å². The molecule has 0 atom stereocenters. The zero-order valence-corrected chi connectivity index (χ0v) is 15.8. The minimum atomic E-state index is -0.0832. The lowest BCUT2D eigenvalue weighted by Gasteiger charge is -2.21. The fourth-order valence-electron chi connectivity index (χ4n) is 2.81. The number of rotatable bonds is 6. The number of hydrogen-bond acceptors (Lipinski definition) is 2. The van der Waals surface area contributed by atoms with Crippen molar-refractivity contribution in [3.8, 4) is 0 Å². The van der Waals surface area contributed by atoms with Crippen LogP contribution in [0.5, 0.6) is 0 Å². The predicted molar refractivity (Wildman–Crippen MR) is 98.7 cm³/mol. The second-order valence-corrected chi connectivity index (χ2v) is 7.18. The maximum absolute atomic E-state index is 12.1. The number of benzene rings is 1. The summed E-state index contributed by atoms with van der Waals surface area (Å²) in [5.74, 6) is 0.256. The first-order valence-corrected chi connectivity index (χ1v) is 9.37. The van der Waals surface area contributed by atoms with Crippen LogP contribution in [0.4, 0.5) is 4.79 Å². The van der Waals surface area contributed by atoms with Gasteiger partial charge in [-0.2, -0.15) is 0 Å². The van der Waals surface area contributed by atoms with Crippen LogP contribution in [0.2, 0.25) is 0 Å². The first-order chi connectivity index (χ1) is 11.6. The molecule has 132 valence electrons. The molecule has 0 saturated carbocycles. The van der Waals surface area contributed by atoms with Crippen LogP contribution in [0.1, 0.15) is 37.7 Å². The summed E-state index contributed by atoms with van der Waals surface area (Å²) in [7, 11) is 1.79. The highest BCUT2D eigenvalue weighted by molar-refractivity contribution is 9.10. The normalized spacial score (nSPS) is 15.1. The first kappa shape index (κ1) is 18.8. The molecule has 2 rings (SSSR count).